The molecule has 0 bridgehead atoms. The van der Waals surface area contributed by atoms with Crippen LogP contribution >= 0.6 is 0 Å². The normalized spacial score (nSPS) is 9.73. The summed E-state index contributed by atoms with van der Waals surface area (Å²) >= 11 is 0. The maximum absolute atomic E-state index is 12.3. The Kier molecular flexibility index (Phi) is 1.79. The average molecular weight is 165 g/mol. The zero-order valence-corrected chi connectivity index (χ0v) is 4.99. The Balaban J connectivity index is 3.04. The number of hydrogen-bond donors (Lipinski definition) is 2. The summed E-state index contributed by atoms with van der Waals surface area (Å²) in [6.45, 7) is 0. The summed E-state index contributed by atoms with van der Waals surface area (Å²) in [5.41, 5.74) is -0.332. The SMILES string of the molecule is O=C(NF)c1n[nH]c(F)c1F. The van der Waals surface area contributed by atoms with Crippen molar-refractivity contribution in [3.05, 3.63) is 17.5 Å². The number of carbonyl (C=O) groups is 1. The van der Waals surface area contributed by atoms with Crippen LogP contribution in [-0.4, -0.2) is 16.1 Å². The molecular formula is C4H2F3N3O. The Hall–Kier alpha value is -1.53. The number of carbonyl (C=O) groups excluding carboxylic acids is 1. The molecule has 0 radical (unpaired) electrons. The topological polar surface area (TPSA) is 57.8 Å². The number of aromatic amines is 1. The van der Waals surface area contributed by atoms with Crippen molar-refractivity contribution >= 4 is 5.91 Å². The number of amides is 1. The fourth-order valence-electron chi connectivity index (χ4n) is 0.502. The zero-order chi connectivity index (χ0) is 8.43. The van der Waals surface area contributed by atoms with E-state index in [0.29, 0.717) is 5.54 Å². The highest BCUT2D eigenvalue weighted by molar-refractivity contribution is 5.91. The predicted octanol–water partition coefficient (Wildman–Crippen LogP) is 0.302. The first-order valence-electron chi connectivity index (χ1n) is 2.47. The molecule has 60 valence electrons. The third kappa shape index (κ3) is 1.16. The van der Waals surface area contributed by atoms with Gasteiger partial charge in [0.2, 0.25) is 11.8 Å². The van der Waals surface area contributed by atoms with Gasteiger partial charge in [-0.2, -0.15) is 19.4 Å². The lowest BCUT2D eigenvalue weighted by atomic mass is 10.4. The van der Waals surface area contributed by atoms with Crippen LogP contribution < -0.4 is 5.54 Å². The van der Waals surface area contributed by atoms with Crippen LogP contribution in [0.3, 0.4) is 0 Å². The number of hydrogen-bond acceptors (Lipinski definition) is 2. The highest BCUT2D eigenvalue weighted by Gasteiger charge is 2.19. The number of halogens is 3. The van der Waals surface area contributed by atoms with E-state index in [-0.39, 0.29) is 0 Å². The van der Waals surface area contributed by atoms with Crippen LogP contribution in [0.25, 0.3) is 0 Å². The quantitative estimate of drug-likeness (QED) is 0.588. The monoisotopic (exact) mass is 165 g/mol. The van der Waals surface area contributed by atoms with Crippen LogP contribution in [0.2, 0.25) is 0 Å². The molecule has 1 rings (SSSR count). The molecule has 0 atom stereocenters. The molecule has 0 aliphatic heterocycles. The summed E-state index contributed by atoms with van der Waals surface area (Å²) in [6.07, 6.45) is 0. The second-order valence-electron chi connectivity index (χ2n) is 1.62. The largest absolute Gasteiger partial charge is 0.302 e. The van der Waals surface area contributed by atoms with Gasteiger partial charge < -0.3 is 0 Å². The molecular weight excluding hydrogens is 163 g/mol. The van der Waals surface area contributed by atoms with E-state index in [1.54, 1.807) is 0 Å². The van der Waals surface area contributed by atoms with Crippen molar-refractivity contribution in [2.24, 2.45) is 0 Å². The van der Waals surface area contributed by atoms with Gasteiger partial charge in [0.05, 0.1) is 0 Å². The molecule has 0 spiro atoms. The van der Waals surface area contributed by atoms with Crippen LogP contribution in [-0.2, 0) is 0 Å². The maximum atomic E-state index is 12.3. The number of H-pyrrole nitrogens is 1. The van der Waals surface area contributed by atoms with Crippen molar-refractivity contribution < 1.29 is 18.1 Å². The summed E-state index contributed by atoms with van der Waals surface area (Å²) in [5, 5.41) is 4.39. The van der Waals surface area contributed by atoms with Crippen molar-refractivity contribution in [1.82, 2.24) is 15.7 Å². The van der Waals surface area contributed by atoms with Crippen molar-refractivity contribution in [3.8, 4) is 0 Å². The van der Waals surface area contributed by atoms with E-state index in [1.165, 1.54) is 5.10 Å². The molecule has 1 heterocycles. The van der Waals surface area contributed by atoms with E-state index in [1.807, 2.05) is 0 Å². The van der Waals surface area contributed by atoms with Gasteiger partial charge in [-0.1, -0.05) is 4.48 Å². The van der Waals surface area contributed by atoms with Crippen molar-refractivity contribution in [3.63, 3.8) is 0 Å². The zero-order valence-electron chi connectivity index (χ0n) is 4.99. The molecule has 1 amide bonds. The third-order valence-corrected chi connectivity index (χ3v) is 0.967. The molecule has 0 aliphatic rings. The maximum Gasteiger partial charge on any atom is 0.302 e. The summed E-state index contributed by atoms with van der Waals surface area (Å²) < 4.78 is 35.7. The summed E-state index contributed by atoms with van der Waals surface area (Å²) in [6, 6.07) is 0. The molecule has 7 heteroatoms. The first-order valence-corrected chi connectivity index (χ1v) is 2.47. The van der Waals surface area contributed by atoms with Crippen molar-refractivity contribution in [2.45, 2.75) is 0 Å². The third-order valence-electron chi connectivity index (χ3n) is 0.967. The minimum absolute atomic E-state index is 0.607. The Morgan fingerprint density at radius 3 is 2.55 bits per heavy atom. The lowest BCUT2D eigenvalue weighted by Crippen LogP contribution is -2.15. The van der Waals surface area contributed by atoms with Crippen molar-refractivity contribution in [1.29, 1.82) is 0 Å². The molecule has 0 saturated heterocycles. The molecule has 11 heavy (non-hydrogen) atoms. The van der Waals surface area contributed by atoms with Crippen LogP contribution in [0.5, 0.6) is 0 Å². The van der Waals surface area contributed by atoms with Gasteiger partial charge in [-0.15, -0.1) is 0 Å². The van der Waals surface area contributed by atoms with Gasteiger partial charge in [-0.25, -0.2) is 5.10 Å². The molecule has 1 aromatic heterocycles. The Morgan fingerprint density at radius 1 is 1.55 bits per heavy atom. The number of aromatic nitrogens is 2. The molecule has 0 aromatic carbocycles. The van der Waals surface area contributed by atoms with Crippen LogP contribution in [0.15, 0.2) is 0 Å². The van der Waals surface area contributed by atoms with Crippen LogP contribution in [0, 0.1) is 11.8 Å². The molecule has 4 nitrogen and oxygen atoms in total. The lowest BCUT2D eigenvalue weighted by molar-refractivity contribution is 0.0849. The Bertz CT molecular complexity index is 284. The number of nitrogens with zero attached hydrogens (tertiary/aromatic N) is 1. The predicted molar refractivity (Wildman–Crippen MR) is 27.1 cm³/mol. The Labute approximate surface area is 58.3 Å². The smallest absolute Gasteiger partial charge is 0.265 e. The first kappa shape index (κ1) is 7.58. The second-order valence-corrected chi connectivity index (χ2v) is 1.62. The standard InChI is InChI=1S/C4H2F3N3O/c5-1-2(4(11)8-7)9-10-3(1)6/h(H,8,11)(H,9,10). The molecule has 1 aromatic rings. The average Bonchev–Trinajstić information content (AvgIpc) is 2.32. The first-order chi connectivity index (χ1) is 5.16. The molecule has 0 unspecified atom stereocenters. The van der Waals surface area contributed by atoms with Crippen LogP contribution in [0.4, 0.5) is 13.3 Å². The van der Waals surface area contributed by atoms with Gasteiger partial charge in [-0.05, 0) is 0 Å². The second kappa shape index (κ2) is 2.60. The van der Waals surface area contributed by atoms with E-state index in [4.69, 9.17) is 0 Å². The van der Waals surface area contributed by atoms with E-state index < -0.39 is 23.4 Å². The highest BCUT2D eigenvalue weighted by Crippen LogP contribution is 2.05. The van der Waals surface area contributed by atoms with Gasteiger partial charge in [0.15, 0.2) is 5.69 Å². The minimum atomic E-state index is -1.50. The van der Waals surface area contributed by atoms with Gasteiger partial charge in [0.1, 0.15) is 0 Å². The van der Waals surface area contributed by atoms with Crippen molar-refractivity contribution in [2.75, 3.05) is 0 Å². The lowest BCUT2D eigenvalue weighted by Gasteiger charge is -1.87. The van der Waals surface area contributed by atoms with E-state index in [2.05, 4.69) is 5.10 Å². The number of nitrogens with one attached hydrogen (secondary N) is 2. The molecule has 0 aliphatic carbocycles. The summed E-state index contributed by atoms with van der Waals surface area (Å²) in [7, 11) is 0. The van der Waals surface area contributed by atoms with Gasteiger partial charge in [-0.3, -0.25) is 4.79 Å². The Morgan fingerprint density at radius 2 is 2.18 bits per heavy atom. The summed E-state index contributed by atoms with van der Waals surface area (Å²) in [5.74, 6) is -4.33. The van der Waals surface area contributed by atoms with Crippen LogP contribution in [0.1, 0.15) is 10.5 Å². The minimum Gasteiger partial charge on any atom is -0.265 e. The number of rotatable bonds is 1. The molecule has 2 N–H and O–H groups in total. The van der Waals surface area contributed by atoms with Gasteiger partial charge in [0.25, 0.3) is 0 Å². The summed E-state index contributed by atoms with van der Waals surface area (Å²) in [4.78, 5) is 10.3. The van der Waals surface area contributed by atoms with Gasteiger partial charge in [0, 0.05) is 0 Å². The van der Waals surface area contributed by atoms with Gasteiger partial charge >= 0.3 is 5.91 Å². The molecule has 0 fully saturated rings. The fourth-order valence-corrected chi connectivity index (χ4v) is 0.502. The molecule has 0 saturated carbocycles. The fraction of sp³-hybridized carbons (Fsp3) is 0. The van der Waals surface area contributed by atoms with E-state index in [0.717, 1.165) is 0 Å². The van der Waals surface area contributed by atoms with E-state index in [9.17, 15) is 18.1 Å². The van der Waals surface area contributed by atoms with E-state index >= 15 is 0 Å². The highest BCUT2D eigenvalue weighted by atomic mass is 19.2.